The van der Waals surface area contributed by atoms with E-state index in [1.165, 1.54) is 4.90 Å². The predicted molar refractivity (Wildman–Crippen MR) is 103 cm³/mol. The second-order valence-corrected chi connectivity index (χ2v) is 7.90. The number of likely N-dealkylation sites (tertiary alicyclic amines) is 1. The van der Waals surface area contributed by atoms with Gasteiger partial charge in [0.1, 0.15) is 0 Å². The van der Waals surface area contributed by atoms with Crippen molar-refractivity contribution in [1.29, 1.82) is 0 Å². The van der Waals surface area contributed by atoms with Crippen LogP contribution in [-0.2, 0) is 0 Å². The highest BCUT2D eigenvalue weighted by atomic mass is 16.3. The van der Waals surface area contributed by atoms with E-state index in [1.807, 2.05) is 13.0 Å². The standard InChI is InChI=1S/C20H31N3O3/c1-14(2)12-20(13-24)9-6-10-23(20)19(26)21-17-11-16(8-7-15(17)3)18(25)22(4)5/h7-8,11,14,24H,6,9-10,12-13H2,1-5H3,(H,21,26)/t20-/m1/s1. The van der Waals surface area contributed by atoms with Crippen LogP contribution in [0.4, 0.5) is 10.5 Å². The number of rotatable bonds is 5. The Morgan fingerprint density at radius 1 is 1.35 bits per heavy atom. The van der Waals surface area contributed by atoms with E-state index >= 15 is 0 Å². The summed E-state index contributed by atoms with van der Waals surface area (Å²) in [6.07, 6.45) is 2.47. The highest BCUT2D eigenvalue weighted by Crippen LogP contribution is 2.35. The molecule has 144 valence electrons. The van der Waals surface area contributed by atoms with Crippen LogP contribution < -0.4 is 5.32 Å². The van der Waals surface area contributed by atoms with Crippen molar-refractivity contribution < 1.29 is 14.7 Å². The molecule has 2 rings (SSSR count). The molecule has 0 spiro atoms. The molecule has 1 aromatic rings. The number of nitrogens with one attached hydrogen (secondary N) is 1. The molecule has 0 bridgehead atoms. The van der Waals surface area contributed by atoms with Gasteiger partial charge in [-0.05, 0) is 49.8 Å². The fraction of sp³-hybridized carbons (Fsp3) is 0.600. The number of aryl methyl sites for hydroxylation is 1. The van der Waals surface area contributed by atoms with Gasteiger partial charge in [-0.15, -0.1) is 0 Å². The Kier molecular flexibility index (Phi) is 6.29. The summed E-state index contributed by atoms with van der Waals surface area (Å²) in [5, 5.41) is 13.0. The molecular weight excluding hydrogens is 330 g/mol. The maximum absolute atomic E-state index is 12.9. The minimum absolute atomic E-state index is 0.0310. The van der Waals surface area contributed by atoms with Crippen LogP contribution in [0.15, 0.2) is 18.2 Å². The number of carbonyl (C=O) groups is 2. The number of anilines is 1. The summed E-state index contributed by atoms with van der Waals surface area (Å²) in [4.78, 5) is 28.4. The summed E-state index contributed by atoms with van der Waals surface area (Å²) < 4.78 is 0. The molecule has 0 radical (unpaired) electrons. The molecule has 6 heteroatoms. The van der Waals surface area contributed by atoms with E-state index in [0.29, 0.717) is 23.7 Å². The Balaban J connectivity index is 2.23. The minimum Gasteiger partial charge on any atom is -0.394 e. The van der Waals surface area contributed by atoms with E-state index in [9.17, 15) is 14.7 Å². The average molecular weight is 361 g/mol. The highest BCUT2D eigenvalue weighted by Gasteiger charge is 2.43. The maximum Gasteiger partial charge on any atom is 0.322 e. The van der Waals surface area contributed by atoms with E-state index < -0.39 is 5.54 Å². The van der Waals surface area contributed by atoms with Gasteiger partial charge in [-0.25, -0.2) is 4.79 Å². The first-order valence-corrected chi connectivity index (χ1v) is 9.22. The second-order valence-electron chi connectivity index (χ2n) is 7.90. The number of aliphatic hydroxyl groups is 1. The monoisotopic (exact) mass is 361 g/mol. The largest absolute Gasteiger partial charge is 0.394 e. The molecule has 1 aliphatic rings. The molecular formula is C20H31N3O3. The highest BCUT2D eigenvalue weighted by molar-refractivity contribution is 5.97. The summed E-state index contributed by atoms with van der Waals surface area (Å²) in [6.45, 7) is 6.71. The van der Waals surface area contributed by atoms with Crippen molar-refractivity contribution in [1.82, 2.24) is 9.80 Å². The lowest BCUT2D eigenvalue weighted by atomic mass is 9.87. The molecule has 1 fully saturated rings. The molecule has 1 aromatic carbocycles. The van der Waals surface area contributed by atoms with Crippen LogP contribution in [0.1, 0.15) is 49.0 Å². The Bertz CT molecular complexity index is 672. The number of hydrogen-bond acceptors (Lipinski definition) is 3. The van der Waals surface area contributed by atoms with Gasteiger partial charge < -0.3 is 20.2 Å². The van der Waals surface area contributed by atoms with Gasteiger partial charge >= 0.3 is 6.03 Å². The summed E-state index contributed by atoms with van der Waals surface area (Å²) in [6, 6.07) is 5.10. The minimum atomic E-state index is -0.497. The molecule has 6 nitrogen and oxygen atoms in total. The van der Waals surface area contributed by atoms with E-state index in [4.69, 9.17) is 0 Å². The molecule has 1 saturated heterocycles. The summed E-state index contributed by atoms with van der Waals surface area (Å²) in [5.41, 5.74) is 1.56. The third-order valence-corrected chi connectivity index (χ3v) is 5.06. The van der Waals surface area contributed by atoms with E-state index in [-0.39, 0.29) is 18.5 Å². The number of nitrogens with zero attached hydrogens (tertiary/aromatic N) is 2. The van der Waals surface area contributed by atoms with Gasteiger partial charge in [0.2, 0.25) is 0 Å². The van der Waals surface area contributed by atoms with Crippen LogP contribution in [0.2, 0.25) is 0 Å². The topological polar surface area (TPSA) is 72.9 Å². The zero-order valence-corrected chi connectivity index (χ0v) is 16.5. The molecule has 0 unspecified atom stereocenters. The van der Waals surface area contributed by atoms with E-state index in [2.05, 4.69) is 19.2 Å². The van der Waals surface area contributed by atoms with Gasteiger partial charge in [0.25, 0.3) is 5.91 Å². The van der Waals surface area contributed by atoms with Gasteiger partial charge in [0.05, 0.1) is 12.1 Å². The van der Waals surface area contributed by atoms with Crippen LogP contribution >= 0.6 is 0 Å². The number of aliphatic hydroxyl groups excluding tert-OH is 1. The molecule has 0 aromatic heterocycles. The van der Waals surface area contributed by atoms with Gasteiger partial charge in [-0.2, -0.15) is 0 Å². The lowest BCUT2D eigenvalue weighted by Gasteiger charge is -2.38. The zero-order chi connectivity index (χ0) is 19.5. The predicted octanol–water partition coefficient (Wildman–Crippen LogP) is 3.10. The number of hydrogen-bond donors (Lipinski definition) is 2. The van der Waals surface area contributed by atoms with Crippen molar-refractivity contribution in [2.45, 2.75) is 45.6 Å². The molecule has 1 heterocycles. The Morgan fingerprint density at radius 3 is 2.62 bits per heavy atom. The van der Waals surface area contributed by atoms with E-state index in [1.54, 1.807) is 31.1 Å². The Morgan fingerprint density at radius 2 is 2.04 bits per heavy atom. The molecule has 2 N–H and O–H groups in total. The molecule has 3 amide bonds. The summed E-state index contributed by atoms with van der Waals surface area (Å²) >= 11 is 0. The molecule has 1 aliphatic heterocycles. The average Bonchev–Trinajstić information content (AvgIpc) is 2.99. The fourth-order valence-electron chi connectivity index (χ4n) is 3.79. The van der Waals surface area contributed by atoms with Crippen LogP contribution in [0.25, 0.3) is 0 Å². The first-order valence-electron chi connectivity index (χ1n) is 9.22. The lowest BCUT2D eigenvalue weighted by molar-refractivity contribution is 0.0727. The van der Waals surface area contributed by atoms with Gasteiger partial charge in [0, 0.05) is 31.9 Å². The van der Waals surface area contributed by atoms with Gasteiger partial charge in [-0.3, -0.25) is 4.79 Å². The number of carbonyl (C=O) groups excluding carboxylic acids is 2. The molecule has 1 atom stereocenters. The summed E-state index contributed by atoms with van der Waals surface area (Å²) in [7, 11) is 3.40. The first kappa shape index (κ1) is 20.2. The molecule has 0 saturated carbocycles. The zero-order valence-electron chi connectivity index (χ0n) is 16.5. The SMILES string of the molecule is Cc1ccc(C(=O)N(C)C)cc1NC(=O)N1CCC[C@]1(CO)CC(C)C. The third kappa shape index (κ3) is 4.18. The van der Waals surface area contributed by atoms with E-state index in [0.717, 1.165) is 24.8 Å². The fourth-order valence-corrected chi connectivity index (χ4v) is 3.79. The van der Waals surface area contributed by atoms with Gasteiger partial charge in [0.15, 0.2) is 0 Å². The van der Waals surface area contributed by atoms with Crippen molar-refractivity contribution in [2.24, 2.45) is 5.92 Å². The lowest BCUT2D eigenvalue weighted by Crippen LogP contribution is -2.52. The van der Waals surface area contributed by atoms with Crippen LogP contribution in [0.5, 0.6) is 0 Å². The summed E-state index contributed by atoms with van der Waals surface area (Å²) in [5.74, 6) is 0.282. The Labute approximate surface area is 156 Å². The smallest absolute Gasteiger partial charge is 0.322 e. The van der Waals surface area contributed by atoms with Crippen molar-refractivity contribution in [3.05, 3.63) is 29.3 Å². The van der Waals surface area contributed by atoms with Crippen LogP contribution in [-0.4, -0.2) is 59.6 Å². The van der Waals surface area contributed by atoms with Gasteiger partial charge in [-0.1, -0.05) is 19.9 Å². The second kappa shape index (κ2) is 8.08. The third-order valence-electron chi connectivity index (χ3n) is 5.06. The molecule has 26 heavy (non-hydrogen) atoms. The quantitative estimate of drug-likeness (QED) is 0.846. The van der Waals surface area contributed by atoms with Crippen molar-refractivity contribution in [3.63, 3.8) is 0 Å². The van der Waals surface area contributed by atoms with Crippen LogP contribution in [0, 0.1) is 12.8 Å². The van der Waals surface area contributed by atoms with Crippen molar-refractivity contribution in [2.75, 3.05) is 32.6 Å². The first-order chi connectivity index (χ1) is 12.2. The normalized spacial score (nSPS) is 19.7. The maximum atomic E-state index is 12.9. The number of amides is 3. The van der Waals surface area contributed by atoms with Crippen molar-refractivity contribution >= 4 is 17.6 Å². The number of benzene rings is 1. The molecule has 0 aliphatic carbocycles. The van der Waals surface area contributed by atoms with Crippen molar-refractivity contribution in [3.8, 4) is 0 Å². The van der Waals surface area contributed by atoms with Crippen LogP contribution in [0.3, 0.4) is 0 Å². The number of urea groups is 1. The Hall–Kier alpha value is -2.08.